The maximum absolute atomic E-state index is 11.5. The summed E-state index contributed by atoms with van der Waals surface area (Å²) < 4.78 is 0. The normalized spacial score (nSPS) is 33.6. The fraction of sp³-hybridized carbons (Fsp3) is 0.846. The third-order valence-corrected chi connectivity index (χ3v) is 4.27. The standard InChI is InChI=1S/C13H22N2O3/c1-2-5-14-10(16)7-15-12-9-4-3-8(6-9)11(12)13(17)18/h8-9,11-12,15H,2-7H2,1H3,(H,14,16)(H,17,18). The lowest BCUT2D eigenvalue weighted by atomic mass is 9.84. The molecule has 102 valence electrons. The van der Waals surface area contributed by atoms with Crippen LogP contribution in [-0.2, 0) is 9.59 Å². The van der Waals surface area contributed by atoms with Gasteiger partial charge in [0.1, 0.15) is 0 Å². The molecule has 0 aliphatic heterocycles. The second kappa shape index (κ2) is 5.69. The Kier molecular flexibility index (Phi) is 4.22. The van der Waals surface area contributed by atoms with Crippen molar-refractivity contribution in [3.8, 4) is 0 Å². The van der Waals surface area contributed by atoms with Crippen LogP contribution in [0.5, 0.6) is 0 Å². The summed E-state index contributed by atoms with van der Waals surface area (Å²) in [6.07, 6.45) is 4.05. The summed E-state index contributed by atoms with van der Waals surface area (Å²) in [5, 5.41) is 15.2. The molecular weight excluding hydrogens is 232 g/mol. The van der Waals surface area contributed by atoms with Gasteiger partial charge in [0.2, 0.25) is 5.91 Å². The molecule has 0 heterocycles. The van der Waals surface area contributed by atoms with E-state index in [1.54, 1.807) is 0 Å². The average Bonchev–Trinajstić information content (AvgIpc) is 2.93. The monoisotopic (exact) mass is 254 g/mol. The molecule has 0 spiro atoms. The van der Waals surface area contributed by atoms with Gasteiger partial charge in [-0.3, -0.25) is 9.59 Å². The number of rotatable bonds is 6. The van der Waals surface area contributed by atoms with E-state index in [1.165, 1.54) is 0 Å². The van der Waals surface area contributed by atoms with Crippen LogP contribution in [0, 0.1) is 17.8 Å². The molecule has 4 atom stereocenters. The number of fused-ring (bicyclic) bond motifs is 2. The van der Waals surface area contributed by atoms with Crippen LogP contribution in [0.2, 0.25) is 0 Å². The van der Waals surface area contributed by atoms with Gasteiger partial charge in [-0.2, -0.15) is 0 Å². The Morgan fingerprint density at radius 1 is 1.28 bits per heavy atom. The zero-order valence-corrected chi connectivity index (χ0v) is 10.8. The van der Waals surface area contributed by atoms with Crippen LogP contribution in [-0.4, -0.2) is 36.1 Å². The number of amides is 1. The van der Waals surface area contributed by atoms with Gasteiger partial charge < -0.3 is 15.7 Å². The van der Waals surface area contributed by atoms with Gasteiger partial charge in [-0.1, -0.05) is 6.92 Å². The summed E-state index contributed by atoms with van der Waals surface area (Å²) in [7, 11) is 0. The van der Waals surface area contributed by atoms with E-state index in [2.05, 4.69) is 10.6 Å². The van der Waals surface area contributed by atoms with E-state index in [4.69, 9.17) is 0 Å². The zero-order chi connectivity index (χ0) is 13.1. The topological polar surface area (TPSA) is 78.4 Å². The van der Waals surface area contributed by atoms with Gasteiger partial charge in [0.05, 0.1) is 12.5 Å². The van der Waals surface area contributed by atoms with Crippen LogP contribution < -0.4 is 10.6 Å². The molecule has 2 aliphatic rings. The minimum absolute atomic E-state index is 0.0198. The highest BCUT2D eigenvalue weighted by atomic mass is 16.4. The molecule has 0 aromatic carbocycles. The summed E-state index contributed by atoms with van der Waals surface area (Å²) in [6.45, 7) is 2.92. The number of carbonyl (C=O) groups is 2. The van der Waals surface area contributed by atoms with Gasteiger partial charge in [-0.25, -0.2) is 0 Å². The minimum Gasteiger partial charge on any atom is -0.481 e. The maximum Gasteiger partial charge on any atom is 0.308 e. The van der Waals surface area contributed by atoms with Crippen molar-refractivity contribution < 1.29 is 14.7 Å². The van der Waals surface area contributed by atoms with Crippen molar-refractivity contribution in [3.05, 3.63) is 0 Å². The smallest absolute Gasteiger partial charge is 0.308 e. The molecule has 5 nitrogen and oxygen atoms in total. The second-order valence-electron chi connectivity index (χ2n) is 5.45. The highest BCUT2D eigenvalue weighted by Crippen LogP contribution is 2.48. The van der Waals surface area contributed by atoms with Gasteiger partial charge in [0.25, 0.3) is 0 Å². The van der Waals surface area contributed by atoms with Crippen LogP contribution in [0.1, 0.15) is 32.6 Å². The van der Waals surface area contributed by atoms with Gasteiger partial charge in [0.15, 0.2) is 0 Å². The molecule has 0 saturated heterocycles. The first-order valence-corrected chi connectivity index (χ1v) is 6.86. The van der Waals surface area contributed by atoms with E-state index in [1.807, 2.05) is 6.92 Å². The van der Waals surface area contributed by atoms with Crippen molar-refractivity contribution >= 4 is 11.9 Å². The van der Waals surface area contributed by atoms with Crippen LogP contribution in [0.4, 0.5) is 0 Å². The molecule has 0 aromatic rings. The molecule has 2 saturated carbocycles. The van der Waals surface area contributed by atoms with Crippen molar-refractivity contribution in [3.63, 3.8) is 0 Å². The molecule has 2 bridgehead atoms. The molecule has 2 aliphatic carbocycles. The molecule has 18 heavy (non-hydrogen) atoms. The summed E-state index contributed by atoms with van der Waals surface area (Å²) in [6, 6.07) is -0.0198. The predicted molar refractivity (Wildman–Crippen MR) is 67.0 cm³/mol. The van der Waals surface area contributed by atoms with Gasteiger partial charge in [-0.05, 0) is 37.5 Å². The van der Waals surface area contributed by atoms with E-state index in [0.717, 1.165) is 25.7 Å². The first-order chi connectivity index (χ1) is 8.63. The lowest BCUT2D eigenvalue weighted by Gasteiger charge is -2.28. The fourth-order valence-electron chi connectivity index (χ4n) is 3.48. The number of aliphatic carboxylic acids is 1. The first kappa shape index (κ1) is 13.3. The summed E-state index contributed by atoms with van der Waals surface area (Å²) in [4.78, 5) is 22.8. The number of carboxylic acids is 1. The predicted octanol–water partition coefficient (Wildman–Crippen LogP) is 0.601. The minimum atomic E-state index is -0.714. The molecule has 3 N–H and O–H groups in total. The molecule has 2 rings (SSSR count). The molecule has 4 unspecified atom stereocenters. The van der Waals surface area contributed by atoms with E-state index in [0.29, 0.717) is 18.4 Å². The van der Waals surface area contributed by atoms with Crippen LogP contribution >= 0.6 is 0 Å². The number of carbonyl (C=O) groups excluding carboxylic acids is 1. The van der Waals surface area contributed by atoms with Gasteiger partial charge in [-0.15, -0.1) is 0 Å². The number of hydrogen-bond donors (Lipinski definition) is 3. The highest BCUT2D eigenvalue weighted by Gasteiger charge is 2.50. The third-order valence-electron chi connectivity index (χ3n) is 4.27. The Labute approximate surface area is 107 Å². The molecule has 1 amide bonds. The Morgan fingerprint density at radius 3 is 2.67 bits per heavy atom. The van der Waals surface area contributed by atoms with E-state index < -0.39 is 5.97 Å². The molecule has 0 aromatic heterocycles. The average molecular weight is 254 g/mol. The summed E-state index contributed by atoms with van der Waals surface area (Å²) in [5.41, 5.74) is 0. The van der Waals surface area contributed by atoms with Crippen LogP contribution in [0.3, 0.4) is 0 Å². The van der Waals surface area contributed by atoms with Crippen molar-refractivity contribution in [2.45, 2.75) is 38.6 Å². The number of nitrogens with one attached hydrogen (secondary N) is 2. The lowest BCUT2D eigenvalue weighted by molar-refractivity contribution is -0.144. The van der Waals surface area contributed by atoms with E-state index >= 15 is 0 Å². The fourth-order valence-corrected chi connectivity index (χ4v) is 3.48. The third kappa shape index (κ3) is 2.66. The van der Waals surface area contributed by atoms with Crippen LogP contribution in [0.25, 0.3) is 0 Å². The molecule has 5 heteroatoms. The second-order valence-corrected chi connectivity index (χ2v) is 5.45. The van der Waals surface area contributed by atoms with E-state index in [9.17, 15) is 14.7 Å². The Bertz CT molecular complexity index is 332. The zero-order valence-electron chi connectivity index (χ0n) is 10.8. The largest absolute Gasteiger partial charge is 0.481 e. The Hall–Kier alpha value is -1.10. The Balaban J connectivity index is 1.84. The summed E-state index contributed by atoms with van der Waals surface area (Å²) >= 11 is 0. The van der Waals surface area contributed by atoms with Crippen molar-refractivity contribution in [1.82, 2.24) is 10.6 Å². The van der Waals surface area contributed by atoms with Crippen molar-refractivity contribution in [2.24, 2.45) is 17.8 Å². The molecular formula is C13H22N2O3. The number of hydrogen-bond acceptors (Lipinski definition) is 3. The Morgan fingerprint density at radius 2 is 2.00 bits per heavy atom. The van der Waals surface area contributed by atoms with Crippen molar-refractivity contribution in [1.29, 1.82) is 0 Å². The highest BCUT2D eigenvalue weighted by molar-refractivity contribution is 5.78. The first-order valence-electron chi connectivity index (χ1n) is 6.86. The summed E-state index contributed by atoms with van der Waals surface area (Å²) in [5.74, 6) is -0.307. The maximum atomic E-state index is 11.5. The van der Waals surface area contributed by atoms with Gasteiger partial charge in [0, 0.05) is 12.6 Å². The quantitative estimate of drug-likeness (QED) is 0.648. The lowest BCUT2D eigenvalue weighted by Crippen LogP contribution is -2.47. The number of carboxylic acid groups (broad SMARTS) is 1. The van der Waals surface area contributed by atoms with Crippen molar-refractivity contribution in [2.75, 3.05) is 13.1 Å². The molecule has 0 radical (unpaired) electrons. The molecule has 2 fully saturated rings. The van der Waals surface area contributed by atoms with Gasteiger partial charge >= 0.3 is 5.97 Å². The SMILES string of the molecule is CCCNC(=O)CNC1C2CCC(C2)C1C(=O)O. The van der Waals surface area contributed by atoms with Crippen LogP contribution in [0.15, 0.2) is 0 Å². The van der Waals surface area contributed by atoms with E-state index in [-0.39, 0.29) is 24.4 Å².